The number of nitriles is 1. The van der Waals surface area contributed by atoms with Crippen molar-refractivity contribution in [3.05, 3.63) is 94.5 Å². The van der Waals surface area contributed by atoms with Gasteiger partial charge in [-0.1, -0.05) is 42.5 Å². The van der Waals surface area contributed by atoms with E-state index in [9.17, 15) is 10.1 Å². The number of carbonyl (C=O) groups is 1. The van der Waals surface area contributed by atoms with Gasteiger partial charge in [-0.05, 0) is 54.6 Å². The average molecular weight is 425 g/mol. The first-order valence-corrected chi connectivity index (χ1v) is 10.6. The molecule has 31 heavy (non-hydrogen) atoms. The second kappa shape index (κ2) is 8.82. The van der Waals surface area contributed by atoms with Gasteiger partial charge in [0.1, 0.15) is 17.3 Å². The standard InChI is InChI=1S/C25H20N4OS/c1-17-8-6-9-18(2)23(17)27-25(30)19(15-26)14-20-16-29(21-10-4-3-5-11-21)28-24(20)22-12-7-13-31-22/h3-14,16H,1-2H3,(H,27,30)/b19-14-. The third kappa shape index (κ3) is 4.32. The van der Waals surface area contributed by atoms with Crippen molar-refractivity contribution in [1.82, 2.24) is 9.78 Å². The number of amides is 1. The van der Waals surface area contributed by atoms with Crippen molar-refractivity contribution in [1.29, 1.82) is 5.26 Å². The SMILES string of the molecule is Cc1cccc(C)c1NC(=O)/C(C#N)=C\c1cn(-c2ccccc2)nc1-c1cccs1. The van der Waals surface area contributed by atoms with Crippen LogP contribution in [0.25, 0.3) is 22.3 Å². The maximum absolute atomic E-state index is 12.9. The molecule has 5 nitrogen and oxygen atoms in total. The van der Waals surface area contributed by atoms with Gasteiger partial charge in [-0.25, -0.2) is 4.68 Å². The van der Waals surface area contributed by atoms with Gasteiger partial charge in [0.2, 0.25) is 0 Å². The summed E-state index contributed by atoms with van der Waals surface area (Å²) in [6, 6.07) is 21.5. The van der Waals surface area contributed by atoms with Crippen LogP contribution in [0.3, 0.4) is 0 Å². The Hall–Kier alpha value is -3.95. The van der Waals surface area contributed by atoms with Crippen LogP contribution < -0.4 is 5.32 Å². The van der Waals surface area contributed by atoms with Crippen LogP contribution in [0, 0.1) is 25.2 Å². The third-order valence-corrected chi connectivity index (χ3v) is 5.78. The summed E-state index contributed by atoms with van der Waals surface area (Å²) in [5, 5.41) is 19.3. The van der Waals surface area contributed by atoms with Crippen LogP contribution in [0.15, 0.2) is 77.8 Å². The van der Waals surface area contributed by atoms with E-state index in [1.165, 1.54) is 0 Å². The lowest BCUT2D eigenvalue weighted by Crippen LogP contribution is -2.15. The summed E-state index contributed by atoms with van der Waals surface area (Å²) in [6.45, 7) is 3.86. The maximum Gasteiger partial charge on any atom is 0.266 e. The average Bonchev–Trinajstić information content (AvgIpc) is 3.45. The lowest BCUT2D eigenvalue weighted by molar-refractivity contribution is -0.112. The van der Waals surface area contributed by atoms with E-state index >= 15 is 0 Å². The Kier molecular flexibility index (Phi) is 5.78. The fraction of sp³-hybridized carbons (Fsp3) is 0.0800. The zero-order valence-corrected chi connectivity index (χ0v) is 18.0. The summed E-state index contributed by atoms with van der Waals surface area (Å²) < 4.78 is 1.76. The molecule has 0 fully saturated rings. The van der Waals surface area contributed by atoms with Crippen LogP contribution in [0.1, 0.15) is 16.7 Å². The Bertz CT molecular complexity index is 1280. The first kappa shape index (κ1) is 20.3. The van der Waals surface area contributed by atoms with Crippen molar-refractivity contribution in [3.8, 4) is 22.3 Å². The van der Waals surface area contributed by atoms with Gasteiger partial charge in [0.05, 0.1) is 10.6 Å². The number of aromatic nitrogens is 2. The van der Waals surface area contributed by atoms with Crippen LogP contribution in [-0.2, 0) is 4.79 Å². The lowest BCUT2D eigenvalue weighted by atomic mass is 10.1. The molecule has 1 N–H and O–H groups in total. The highest BCUT2D eigenvalue weighted by Gasteiger charge is 2.17. The van der Waals surface area contributed by atoms with E-state index in [0.29, 0.717) is 5.56 Å². The first-order valence-electron chi connectivity index (χ1n) is 9.75. The van der Waals surface area contributed by atoms with Gasteiger partial charge in [-0.15, -0.1) is 11.3 Å². The summed E-state index contributed by atoms with van der Waals surface area (Å²) in [4.78, 5) is 13.9. The normalized spacial score (nSPS) is 11.2. The highest BCUT2D eigenvalue weighted by molar-refractivity contribution is 7.13. The molecule has 0 saturated carbocycles. The zero-order chi connectivity index (χ0) is 21.8. The van der Waals surface area contributed by atoms with Crippen molar-refractivity contribution in [2.45, 2.75) is 13.8 Å². The molecule has 0 radical (unpaired) electrons. The molecule has 0 bridgehead atoms. The van der Waals surface area contributed by atoms with Crippen molar-refractivity contribution < 1.29 is 4.79 Å². The number of thiophene rings is 1. The number of nitrogens with zero attached hydrogens (tertiary/aromatic N) is 3. The largest absolute Gasteiger partial charge is 0.321 e. The molecule has 2 heterocycles. The van der Waals surface area contributed by atoms with E-state index in [0.717, 1.165) is 33.1 Å². The van der Waals surface area contributed by atoms with E-state index in [1.807, 2.05) is 92.2 Å². The second-order valence-corrected chi connectivity index (χ2v) is 8.03. The Labute approximate surface area is 184 Å². The molecular formula is C25H20N4OS. The van der Waals surface area contributed by atoms with Gasteiger partial charge >= 0.3 is 0 Å². The van der Waals surface area contributed by atoms with E-state index in [2.05, 4.69) is 5.32 Å². The molecular weight excluding hydrogens is 404 g/mol. The third-order valence-electron chi connectivity index (χ3n) is 4.90. The topological polar surface area (TPSA) is 70.7 Å². The molecule has 0 aliphatic carbocycles. The number of aryl methyl sites for hydroxylation is 2. The Morgan fingerprint density at radius 2 is 1.81 bits per heavy atom. The summed E-state index contributed by atoms with van der Waals surface area (Å²) in [5.41, 5.74) is 4.98. The predicted molar refractivity (Wildman–Crippen MR) is 125 cm³/mol. The van der Waals surface area contributed by atoms with Crippen LogP contribution in [-0.4, -0.2) is 15.7 Å². The van der Waals surface area contributed by atoms with E-state index in [-0.39, 0.29) is 5.57 Å². The Morgan fingerprint density at radius 1 is 1.06 bits per heavy atom. The number of nitrogens with one attached hydrogen (secondary N) is 1. The minimum atomic E-state index is -0.440. The smallest absolute Gasteiger partial charge is 0.266 e. The zero-order valence-electron chi connectivity index (χ0n) is 17.2. The number of rotatable bonds is 5. The molecule has 6 heteroatoms. The van der Waals surface area contributed by atoms with Gasteiger partial charge in [0.15, 0.2) is 0 Å². The molecule has 0 aliphatic heterocycles. The van der Waals surface area contributed by atoms with Crippen LogP contribution >= 0.6 is 11.3 Å². The maximum atomic E-state index is 12.9. The molecule has 0 unspecified atom stereocenters. The molecule has 0 aliphatic rings. The predicted octanol–water partition coefficient (Wildman–Crippen LogP) is 5.76. The molecule has 2 aromatic carbocycles. The van der Waals surface area contributed by atoms with Gasteiger partial charge in [-0.2, -0.15) is 10.4 Å². The highest BCUT2D eigenvalue weighted by Crippen LogP contribution is 2.29. The fourth-order valence-corrected chi connectivity index (χ4v) is 4.04. The van der Waals surface area contributed by atoms with Crippen molar-refractivity contribution in [2.75, 3.05) is 5.32 Å². The van der Waals surface area contributed by atoms with Crippen molar-refractivity contribution in [2.24, 2.45) is 0 Å². The minimum Gasteiger partial charge on any atom is -0.321 e. The summed E-state index contributed by atoms with van der Waals surface area (Å²) in [5.74, 6) is -0.440. The second-order valence-electron chi connectivity index (χ2n) is 7.08. The van der Waals surface area contributed by atoms with E-state index in [1.54, 1.807) is 22.1 Å². The van der Waals surface area contributed by atoms with Gasteiger partial charge < -0.3 is 5.32 Å². The molecule has 2 aromatic heterocycles. The lowest BCUT2D eigenvalue weighted by Gasteiger charge is -2.10. The molecule has 0 saturated heterocycles. The monoisotopic (exact) mass is 424 g/mol. The fourth-order valence-electron chi connectivity index (χ4n) is 3.31. The minimum absolute atomic E-state index is 0.0214. The van der Waals surface area contributed by atoms with Crippen molar-refractivity contribution in [3.63, 3.8) is 0 Å². The first-order chi connectivity index (χ1) is 15.1. The summed E-state index contributed by atoms with van der Waals surface area (Å²) >= 11 is 1.56. The molecule has 4 rings (SSSR count). The number of hydrogen-bond donors (Lipinski definition) is 1. The van der Waals surface area contributed by atoms with Crippen LogP contribution in [0.4, 0.5) is 5.69 Å². The molecule has 0 atom stereocenters. The summed E-state index contributed by atoms with van der Waals surface area (Å²) in [7, 11) is 0. The van der Waals surface area contributed by atoms with Gasteiger partial charge in [-0.3, -0.25) is 4.79 Å². The van der Waals surface area contributed by atoms with E-state index in [4.69, 9.17) is 5.10 Å². The number of hydrogen-bond acceptors (Lipinski definition) is 4. The molecule has 1 amide bonds. The highest BCUT2D eigenvalue weighted by atomic mass is 32.1. The van der Waals surface area contributed by atoms with Crippen LogP contribution in [0.2, 0.25) is 0 Å². The van der Waals surface area contributed by atoms with Crippen LogP contribution in [0.5, 0.6) is 0 Å². The summed E-state index contributed by atoms with van der Waals surface area (Å²) in [6.07, 6.45) is 3.44. The molecule has 152 valence electrons. The van der Waals surface area contributed by atoms with E-state index < -0.39 is 5.91 Å². The molecule has 0 spiro atoms. The number of benzene rings is 2. The van der Waals surface area contributed by atoms with Gasteiger partial charge in [0, 0.05) is 17.4 Å². The van der Waals surface area contributed by atoms with Gasteiger partial charge in [0.25, 0.3) is 5.91 Å². The number of carbonyl (C=O) groups excluding carboxylic acids is 1. The Balaban J connectivity index is 1.74. The Morgan fingerprint density at radius 3 is 2.45 bits per heavy atom. The van der Waals surface area contributed by atoms with Crippen molar-refractivity contribution >= 4 is 29.0 Å². The number of para-hydroxylation sites is 2. The number of anilines is 1. The quantitative estimate of drug-likeness (QED) is 0.327. The molecule has 4 aromatic rings.